The summed E-state index contributed by atoms with van der Waals surface area (Å²) in [7, 11) is 0. The fourth-order valence-electron chi connectivity index (χ4n) is 4.93. The minimum Gasteiger partial charge on any atom is -0.488 e. The van der Waals surface area contributed by atoms with E-state index in [-0.39, 0.29) is 18.1 Å². The van der Waals surface area contributed by atoms with E-state index < -0.39 is 6.04 Å². The Morgan fingerprint density at radius 1 is 0.977 bits per heavy atom. The summed E-state index contributed by atoms with van der Waals surface area (Å²) < 4.78 is 8.12. The Morgan fingerprint density at radius 2 is 1.67 bits per heavy atom. The van der Waals surface area contributed by atoms with Crippen LogP contribution >= 0.6 is 57.7 Å². The molecular weight excluding hydrogens is 648 g/mol. The molecule has 4 aromatic rings. The minimum atomic E-state index is -0.673. The lowest BCUT2D eigenvalue weighted by Crippen LogP contribution is -2.43. The van der Waals surface area contributed by atoms with Crippen LogP contribution in [-0.2, 0) is 11.4 Å². The maximum Gasteiger partial charge on any atom is 0.271 e. The smallest absolute Gasteiger partial charge is 0.271 e. The van der Waals surface area contributed by atoms with Gasteiger partial charge in [0.2, 0.25) is 0 Å². The van der Waals surface area contributed by atoms with Crippen molar-refractivity contribution in [1.29, 1.82) is 0 Å². The van der Waals surface area contributed by atoms with E-state index in [9.17, 15) is 9.59 Å². The lowest BCUT2D eigenvalue weighted by molar-refractivity contribution is -0.127. The number of rotatable bonds is 8. The summed E-state index contributed by atoms with van der Waals surface area (Å²) in [6.45, 7) is 6.95. The Morgan fingerprint density at radius 3 is 2.35 bits per heavy atom. The number of aromatic nitrogens is 1. The molecule has 1 aliphatic heterocycles. The van der Waals surface area contributed by atoms with E-state index in [1.165, 1.54) is 11.3 Å². The fraction of sp³-hybridized carbons (Fsp3) is 0.219. The van der Waals surface area contributed by atoms with Crippen molar-refractivity contribution >= 4 is 69.7 Å². The van der Waals surface area contributed by atoms with Gasteiger partial charge in [-0.2, -0.15) is 0 Å². The Kier molecular flexibility index (Phi) is 9.69. The molecule has 1 aromatic heterocycles. The standard InChI is InChI=1S/C32H27Cl4N3O3S/c1-4-38(5-2)31(41)28-18(3)37-32-39(29(28)20-7-9-22(33)10-8-20)30(40)27(43-32)16-21-15-23(34)11-13-26(21)42-17-19-6-12-24(35)25(36)14-19/h6-16,29H,4-5,17H2,1-3H3/b27-16+/t29-/m1/s1. The number of thiazole rings is 1. The van der Waals surface area contributed by atoms with Crippen molar-refractivity contribution in [2.24, 2.45) is 4.99 Å². The van der Waals surface area contributed by atoms with Crippen LogP contribution in [0.5, 0.6) is 5.75 Å². The van der Waals surface area contributed by atoms with Crippen LogP contribution in [0, 0.1) is 0 Å². The number of ether oxygens (including phenoxy) is 1. The highest BCUT2D eigenvalue weighted by Gasteiger charge is 2.34. The molecule has 0 spiro atoms. The SMILES string of the molecule is CCN(CC)C(=O)C1=C(C)N=c2s/c(=C/c3cc(Cl)ccc3OCc3ccc(Cl)c(Cl)c3)c(=O)n2[C@@H]1c1ccc(Cl)cc1. The first-order valence-electron chi connectivity index (χ1n) is 13.5. The van der Waals surface area contributed by atoms with E-state index in [2.05, 4.69) is 0 Å². The molecule has 2 heterocycles. The summed E-state index contributed by atoms with van der Waals surface area (Å²) in [4.78, 5) is 34.8. The zero-order chi connectivity index (χ0) is 30.8. The fourth-order valence-corrected chi connectivity index (χ4v) is 6.60. The number of amides is 1. The molecule has 1 amide bonds. The van der Waals surface area contributed by atoms with Gasteiger partial charge in [0.1, 0.15) is 12.4 Å². The molecular formula is C32H27Cl4N3O3S. The summed E-state index contributed by atoms with van der Waals surface area (Å²) in [5.41, 5.74) is 2.96. The van der Waals surface area contributed by atoms with Crippen LogP contribution in [0.3, 0.4) is 0 Å². The topological polar surface area (TPSA) is 63.9 Å². The molecule has 0 radical (unpaired) electrons. The van der Waals surface area contributed by atoms with E-state index in [1.54, 1.807) is 58.0 Å². The molecule has 43 heavy (non-hydrogen) atoms. The van der Waals surface area contributed by atoms with Crippen molar-refractivity contribution in [2.45, 2.75) is 33.4 Å². The number of benzene rings is 3. The van der Waals surface area contributed by atoms with E-state index in [1.807, 2.05) is 39.0 Å². The third-order valence-electron chi connectivity index (χ3n) is 7.13. The van der Waals surface area contributed by atoms with E-state index in [4.69, 9.17) is 56.1 Å². The first kappa shape index (κ1) is 31.4. The summed E-state index contributed by atoms with van der Waals surface area (Å²) in [5, 5.41) is 1.94. The van der Waals surface area contributed by atoms with Crippen LogP contribution in [0.25, 0.3) is 6.08 Å². The van der Waals surface area contributed by atoms with Crippen molar-refractivity contribution in [1.82, 2.24) is 9.47 Å². The highest BCUT2D eigenvalue weighted by Crippen LogP contribution is 2.32. The number of halogens is 4. The second kappa shape index (κ2) is 13.3. The molecule has 3 aromatic carbocycles. The van der Waals surface area contributed by atoms with Crippen LogP contribution in [0.1, 0.15) is 43.5 Å². The number of nitrogens with zero attached hydrogens (tertiary/aromatic N) is 3. The molecule has 0 bridgehead atoms. The Hall–Kier alpha value is -3.07. The molecule has 0 saturated carbocycles. The second-order valence-electron chi connectivity index (χ2n) is 9.83. The lowest BCUT2D eigenvalue weighted by Gasteiger charge is -2.29. The molecule has 1 atom stereocenters. The molecule has 11 heteroatoms. The van der Waals surface area contributed by atoms with E-state index >= 15 is 0 Å². The van der Waals surface area contributed by atoms with Gasteiger partial charge in [-0.1, -0.05) is 75.9 Å². The maximum absolute atomic E-state index is 14.1. The van der Waals surface area contributed by atoms with Gasteiger partial charge in [-0.15, -0.1) is 0 Å². The molecule has 0 unspecified atom stereocenters. The van der Waals surface area contributed by atoms with Gasteiger partial charge in [0.05, 0.1) is 31.9 Å². The Labute approximate surface area is 273 Å². The van der Waals surface area contributed by atoms with Crippen LogP contribution in [0.2, 0.25) is 20.1 Å². The highest BCUT2D eigenvalue weighted by atomic mass is 35.5. The van der Waals surface area contributed by atoms with Gasteiger partial charge in [0, 0.05) is 28.7 Å². The van der Waals surface area contributed by atoms with Gasteiger partial charge < -0.3 is 9.64 Å². The predicted molar refractivity (Wildman–Crippen MR) is 175 cm³/mol. The summed E-state index contributed by atoms with van der Waals surface area (Å²) in [6, 6.07) is 17.0. The normalized spacial score (nSPS) is 14.9. The Bertz CT molecular complexity index is 1910. The number of allylic oxidation sites excluding steroid dienone is 1. The maximum atomic E-state index is 14.1. The average molecular weight is 675 g/mol. The molecule has 6 nitrogen and oxygen atoms in total. The second-order valence-corrected chi connectivity index (χ2v) is 12.5. The highest BCUT2D eigenvalue weighted by molar-refractivity contribution is 7.07. The molecule has 5 rings (SSSR count). The third-order valence-corrected chi connectivity index (χ3v) is 9.33. The van der Waals surface area contributed by atoms with Gasteiger partial charge >= 0.3 is 0 Å². The minimum absolute atomic E-state index is 0.159. The number of hydrogen-bond donors (Lipinski definition) is 0. The molecule has 0 fully saturated rings. The molecule has 0 N–H and O–H groups in total. The first-order chi connectivity index (χ1) is 20.6. The predicted octanol–water partition coefficient (Wildman–Crippen LogP) is 7.30. The van der Waals surface area contributed by atoms with Crippen LogP contribution in [0.4, 0.5) is 0 Å². The van der Waals surface area contributed by atoms with Gasteiger partial charge in [-0.3, -0.25) is 14.2 Å². The van der Waals surface area contributed by atoms with Gasteiger partial charge in [0.25, 0.3) is 11.5 Å². The van der Waals surface area contributed by atoms with E-state index in [0.29, 0.717) is 65.1 Å². The zero-order valence-corrected chi connectivity index (χ0v) is 27.4. The van der Waals surface area contributed by atoms with Crippen molar-refractivity contribution in [3.05, 3.63) is 128 Å². The number of likely N-dealkylation sites (N-methyl/N-ethyl adjacent to an activating group) is 1. The van der Waals surface area contributed by atoms with Gasteiger partial charge in [-0.25, -0.2) is 4.99 Å². The monoisotopic (exact) mass is 673 g/mol. The van der Waals surface area contributed by atoms with Crippen LogP contribution < -0.4 is 19.6 Å². The zero-order valence-electron chi connectivity index (χ0n) is 23.5. The lowest BCUT2D eigenvalue weighted by atomic mass is 9.94. The van der Waals surface area contributed by atoms with Crippen molar-refractivity contribution in [2.75, 3.05) is 13.1 Å². The largest absolute Gasteiger partial charge is 0.488 e. The summed E-state index contributed by atoms with van der Waals surface area (Å²) in [6.07, 6.45) is 1.74. The van der Waals surface area contributed by atoms with Gasteiger partial charge in [-0.05, 0) is 80.4 Å². The average Bonchev–Trinajstić information content (AvgIpc) is 3.28. The van der Waals surface area contributed by atoms with Gasteiger partial charge in [0.15, 0.2) is 4.80 Å². The number of carbonyl (C=O) groups is 1. The van der Waals surface area contributed by atoms with Crippen molar-refractivity contribution < 1.29 is 9.53 Å². The van der Waals surface area contributed by atoms with Crippen molar-refractivity contribution in [3.63, 3.8) is 0 Å². The van der Waals surface area contributed by atoms with E-state index in [0.717, 1.165) is 11.1 Å². The number of fused-ring (bicyclic) bond motifs is 1. The molecule has 1 aliphatic rings. The molecule has 222 valence electrons. The molecule has 0 saturated heterocycles. The summed E-state index contributed by atoms with van der Waals surface area (Å²) >= 11 is 26.0. The van der Waals surface area contributed by atoms with Crippen LogP contribution in [0.15, 0.2) is 81.7 Å². The van der Waals surface area contributed by atoms with Crippen LogP contribution in [-0.4, -0.2) is 28.5 Å². The number of hydrogen-bond acceptors (Lipinski definition) is 5. The first-order valence-corrected chi connectivity index (χ1v) is 15.9. The Balaban J connectivity index is 1.62. The summed E-state index contributed by atoms with van der Waals surface area (Å²) in [5.74, 6) is 0.373. The number of carbonyl (C=O) groups excluding carboxylic acids is 1. The quantitative estimate of drug-likeness (QED) is 0.197. The third kappa shape index (κ3) is 6.56. The molecule has 0 aliphatic carbocycles. The van der Waals surface area contributed by atoms with Crippen molar-refractivity contribution in [3.8, 4) is 5.75 Å².